The van der Waals surface area contributed by atoms with Gasteiger partial charge in [-0.2, -0.15) is 0 Å². The fraction of sp³-hybridized carbons (Fsp3) is 0.429. The lowest BCUT2D eigenvalue weighted by Gasteiger charge is -2.17. The maximum atomic E-state index is 10.8. The number of para-hydroxylation sites is 2. The van der Waals surface area contributed by atoms with Crippen LogP contribution in [0.2, 0.25) is 0 Å². The first kappa shape index (κ1) is 15.8. The molecule has 1 aromatic heterocycles. The first-order chi connectivity index (χ1) is 10.2. The van der Waals surface area contributed by atoms with Crippen molar-refractivity contribution in [3.63, 3.8) is 0 Å². The molecule has 21 heavy (non-hydrogen) atoms. The molecule has 0 fully saturated rings. The van der Waals surface area contributed by atoms with E-state index in [9.17, 15) is 4.79 Å². The molecule has 1 atom stereocenters. The topological polar surface area (TPSA) is 73.6 Å². The highest BCUT2D eigenvalue weighted by Gasteiger charge is 2.16. The lowest BCUT2D eigenvalue weighted by Crippen LogP contribution is -2.24. The summed E-state index contributed by atoms with van der Waals surface area (Å²) in [5.74, 6) is -0.885. The van der Waals surface area contributed by atoms with Gasteiger partial charge >= 0.3 is 5.97 Å². The molecule has 0 spiro atoms. The number of nitrogens with zero attached hydrogens (tertiary/aromatic N) is 2. The summed E-state index contributed by atoms with van der Waals surface area (Å²) < 4.78 is 12.5. The van der Waals surface area contributed by atoms with Crippen molar-refractivity contribution in [2.24, 2.45) is 0 Å². The molecule has 0 amide bonds. The maximum absolute atomic E-state index is 10.8. The first-order valence-corrected chi connectivity index (χ1v) is 7.46. The van der Waals surface area contributed by atoms with E-state index in [4.69, 9.17) is 14.6 Å². The number of carbonyl (C=O) groups is 1. The van der Waals surface area contributed by atoms with Crippen molar-refractivity contribution in [1.29, 1.82) is 0 Å². The van der Waals surface area contributed by atoms with Crippen molar-refractivity contribution in [2.45, 2.75) is 17.8 Å². The molecule has 0 aliphatic carbocycles. The van der Waals surface area contributed by atoms with Crippen molar-refractivity contribution >= 4 is 28.8 Å². The number of ether oxygens (including phenoxy) is 2. The summed E-state index contributed by atoms with van der Waals surface area (Å²) in [5.41, 5.74) is 1.81. The van der Waals surface area contributed by atoms with Crippen LogP contribution in [0.25, 0.3) is 11.0 Å². The monoisotopic (exact) mass is 310 g/mol. The summed E-state index contributed by atoms with van der Waals surface area (Å²) in [7, 11) is 3.25. The Labute approximate surface area is 127 Å². The second kappa shape index (κ2) is 7.44. The SMILES string of the molecule is COCC(Cn1c(SCC(=O)O)nc2ccccc21)OC. The van der Waals surface area contributed by atoms with Gasteiger partial charge in [0.05, 0.1) is 36.0 Å². The molecule has 6 nitrogen and oxygen atoms in total. The van der Waals surface area contributed by atoms with Gasteiger partial charge in [-0.1, -0.05) is 23.9 Å². The Balaban J connectivity index is 2.32. The van der Waals surface area contributed by atoms with E-state index in [1.165, 1.54) is 11.8 Å². The fourth-order valence-corrected chi connectivity index (χ4v) is 2.80. The quantitative estimate of drug-likeness (QED) is 0.750. The van der Waals surface area contributed by atoms with Gasteiger partial charge in [0.1, 0.15) is 0 Å². The summed E-state index contributed by atoms with van der Waals surface area (Å²) >= 11 is 1.21. The smallest absolute Gasteiger partial charge is 0.313 e. The molecule has 0 saturated carbocycles. The molecule has 0 aliphatic heterocycles. The number of carboxylic acid groups (broad SMARTS) is 1. The van der Waals surface area contributed by atoms with E-state index in [-0.39, 0.29) is 11.9 Å². The van der Waals surface area contributed by atoms with Gasteiger partial charge in [0.2, 0.25) is 0 Å². The number of imidazole rings is 1. The average molecular weight is 310 g/mol. The maximum Gasteiger partial charge on any atom is 0.313 e. The molecule has 0 radical (unpaired) electrons. The molecule has 1 N–H and O–H groups in total. The number of rotatable bonds is 8. The standard InChI is InChI=1S/C14H18N2O4S/c1-19-8-10(20-2)7-16-12-6-4-3-5-11(12)15-14(16)21-9-13(17)18/h3-6,10H,7-9H2,1-2H3,(H,17,18). The molecule has 2 aromatic rings. The van der Waals surface area contributed by atoms with Gasteiger partial charge in [-0.05, 0) is 12.1 Å². The highest BCUT2D eigenvalue weighted by molar-refractivity contribution is 7.99. The van der Waals surface area contributed by atoms with Crippen LogP contribution in [-0.4, -0.2) is 53.3 Å². The zero-order valence-electron chi connectivity index (χ0n) is 12.0. The van der Waals surface area contributed by atoms with Crippen molar-refractivity contribution in [2.75, 3.05) is 26.6 Å². The zero-order chi connectivity index (χ0) is 15.2. The lowest BCUT2D eigenvalue weighted by molar-refractivity contribution is -0.133. The molecule has 1 unspecified atom stereocenters. The number of fused-ring (bicyclic) bond motifs is 1. The normalized spacial score (nSPS) is 12.7. The van der Waals surface area contributed by atoms with Crippen LogP contribution in [0, 0.1) is 0 Å². The van der Waals surface area contributed by atoms with E-state index >= 15 is 0 Å². The van der Waals surface area contributed by atoms with Crippen LogP contribution >= 0.6 is 11.8 Å². The number of aliphatic carboxylic acids is 1. The van der Waals surface area contributed by atoms with E-state index in [2.05, 4.69) is 4.98 Å². The van der Waals surface area contributed by atoms with Crippen molar-refractivity contribution in [3.8, 4) is 0 Å². The van der Waals surface area contributed by atoms with Gasteiger partial charge < -0.3 is 19.1 Å². The fourth-order valence-electron chi connectivity index (χ4n) is 2.05. The molecular formula is C14H18N2O4S. The Morgan fingerprint density at radius 2 is 2.19 bits per heavy atom. The molecule has 114 valence electrons. The van der Waals surface area contributed by atoms with Crippen molar-refractivity contribution in [1.82, 2.24) is 9.55 Å². The van der Waals surface area contributed by atoms with Gasteiger partial charge in [-0.3, -0.25) is 4.79 Å². The van der Waals surface area contributed by atoms with Crippen molar-refractivity contribution < 1.29 is 19.4 Å². The third-order valence-corrected chi connectivity index (χ3v) is 3.98. The Kier molecular flexibility index (Phi) is 5.60. The van der Waals surface area contributed by atoms with E-state index in [1.54, 1.807) is 14.2 Å². The molecule has 0 aliphatic rings. The average Bonchev–Trinajstić information content (AvgIpc) is 2.82. The summed E-state index contributed by atoms with van der Waals surface area (Å²) in [5, 5.41) is 9.53. The van der Waals surface area contributed by atoms with Crippen LogP contribution in [0.1, 0.15) is 0 Å². The van der Waals surface area contributed by atoms with E-state index in [0.29, 0.717) is 18.3 Å². The lowest BCUT2D eigenvalue weighted by atomic mass is 10.3. The van der Waals surface area contributed by atoms with Crippen LogP contribution in [0.15, 0.2) is 29.4 Å². The Bertz CT molecular complexity index is 614. The molecule has 1 heterocycles. The van der Waals surface area contributed by atoms with Crippen LogP contribution in [0.3, 0.4) is 0 Å². The number of aromatic nitrogens is 2. The third kappa shape index (κ3) is 3.96. The van der Waals surface area contributed by atoms with Gasteiger partial charge in [0.15, 0.2) is 5.16 Å². The van der Waals surface area contributed by atoms with Crippen molar-refractivity contribution in [3.05, 3.63) is 24.3 Å². The number of hydrogen-bond acceptors (Lipinski definition) is 5. The van der Waals surface area contributed by atoms with Crippen LogP contribution in [0.4, 0.5) is 0 Å². The predicted molar refractivity (Wildman–Crippen MR) is 80.8 cm³/mol. The second-order valence-corrected chi connectivity index (χ2v) is 5.43. The number of methoxy groups -OCH3 is 2. The Hall–Kier alpha value is -1.57. The van der Waals surface area contributed by atoms with Gasteiger partial charge in [-0.25, -0.2) is 4.98 Å². The van der Waals surface area contributed by atoms with Crippen LogP contribution in [-0.2, 0) is 20.8 Å². The molecular weight excluding hydrogens is 292 g/mol. The molecule has 0 bridgehead atoms. The second-order valence-electron chi connectivity index (χ2n) is 4.49. The zero-order valence-corrected chi connectivity index (χ0v) is 12.8. The highest BCUT2D eigenvalue weighted by atomic mass is 32.2. The van der Waals surface area contributed by atoms with Gasteiger partial charge in [0, 0.05) is 14.2 Å². The Morgan fingerprint density at radius 3 is 2.86 bits per heavy atom. The van der Waals surface area contributed by atoms with E-state index in [1.807, 2.05) is 28.8 Å². The summed E-state index contributed by atoms with van der Waals surface area (Å²) in [6.07, 6.45) is -0.114. The van der Waals surface area contributed by atoms with Crippen LogP contribution in [0.5, 0.6) is 0 Å². The highest BCUT2D eigenvalue weighted by Crippen LogP contribution is 2.24. The minimum Gasteiger partial charge on any atom is -0.481 e. The molecule has 0 saturated heterocycles. The summed E-state index contributed by atoms with van der Waals surface area (Å²) in [6.45, 7) is 1.03. The van der Waals surface area contributed by atoms with Gasteiger partial charge in [-0.15, -0.1) is 0 Å². The summed E-state index contributed by atoms with van der Waals surface area (Å²) in [6, 6.07) is 7.72. The predicted octanol–water partition coefficient (Wildman–Crippen LogP) is 1.87. The summed E-state index contributed by atoms with van der Waals surface area (Å²) in [4.78, 5) is 15.3. The number of thioether (sulfide) groups is 1. The minimum absolute atomic E-state index is 0.0226. The number of carboxylic acids is 1. The Morgan fingerprint density at radius 1 is 1.43 bits per heavy atom. The first-order valence-electron chi connectivity index (χ1n) is 6.47. The van der Waals surface area contributed by atoms with E-state index < -0.39 is 5.97 Å². The largest absolute Gasteiger partial charge is 0.481 e. The van der Waals surface area contributed by atoms with Crippen LogP contribution < -0.4 is 0 Å². The molecule has 1 aromatic carbocycles. The number of benzene rings is 1. The minimum atomic E-state index is -0.862. The van der Waals surface area contributed by atoms with Gasteiger partial charge in [0.25, 0.3) is 0 Å². The van der Waals surface area contributed by atoms with E-state index in [0.717, 1.165) is 11.0 Å². The molecule has 2 rings (SSSR count). The number of hydrogen-bond donors (Lipinski definition) is 1. The molecule has 7 heteroatoms. The third-order valence-electron chi connectivity index (χ3n) is 3.02.